The van der Waals surface area contributed by atoms with E-state index in [0.717, 1.165) is 19.6 Å². The van der Waals surface area contributed by atoms with E-state index in [1.54, 1.807) is 11.3 Å². The third-order valence-electron chi connectivity index (χ3n) is 3.50. The van der Waals surface area contributed by atoms with E-state index in [-0.39, 0.29) is 0 Å². The minimum Gasteiger partial charge on any atom is -0.378 e. The number of nitrogens with one attached hydrogen (secondary N) is 1. The molecule has 3 nitrogen and oxygen atoms in total. The van der Waals surface area contributed by atoms with Crippen LogP contribution in [0.5, 0.6) is 0 Å². The molecule has 0 radical (unpaired) electrons. The summed E-state index contributed by atoms with van der Waals surface area (Å²) in [5.74, 6) is 0. The Labute approximate surface area is 114 Å². The number of nitrogens with zero attached hydrogens (tertiary/aromatic N) is 1. The molecule has 18 heavy (non-hydrogen) atoms. The number of hydrogen-bond acceptors (Lipinski definition) is 4. The molecule has 1 heterocycles. The van der Waals surface area contributed by atoms with Crippen molar-refractivity contribution in [3.8, 4) is 0 Å². The number of hydrogen-bond donors (Lipinski definition) is 1. The van der Waals surface area contributed by atoms with E-state index in [2.05, 4.69) is 17.2 Å². The van der Waals surface area contributed by atoms with Gasteiger partial charge in [-0.1, -0.05) is 19.3 Å². The van der Waals surface area contributed by atoms with Crippen molar-refractivity contribution in [1.29, 1.82) is 0 Å². The first kappa shape index (κ1) is 14.0. The van der Waals surface area contributed by atoms with Crippen LogP contribution in [0.25, 0.3) is 0 Å². The Kier molecular flexibility index (Phi) is 6.11. The molecule has 1 atom stereocenters. The van der Waals surface area contributed by atoms with Gasteiger partial charge in [-0.3, -0.25) is 0 Å². The molecule has 1 N–H and O–H groups in total. The van der Waals surface area contributed by atoms with Crippen LogP contribution in [0.15, 0.2) is 11.6 Å². The summed E-state index contributed by atoms with van der Waals surface area (Å²) in [5, 5.41) is 6.69. The summed E-state index contributed by atoms with van der Waals surface area (Å²) in [6, 6.07) is 0.361. The zero-order valence-electron chi connectivity index (χ0n) is 11.2. The number of ether oxygens (including phenoxy) is 1. The quantitative estimate of drug-likeness (QED) is 0.768. The predicted molar refractivity (Wildman–Crippen MR) is 76.0 cm³/mol. The molecule has 0 bridgehead atoms. The maximum atomic E-state index is 5.90. The van der Waals surface area contributed by atoms with Crippen molar-refractivity contribution in [3.05, 3.63) is 16.6 Å². The summed E-state index contributed by atoms with van der Waals surface area (Å²) >= 11 is 1.71. The highest BCUT2D eigenvalue weighted by Crippen LogP contribution is 2.20. The predicted octanol–water partition coefficient (Wildman–Crippen LogP) is 3.53. The summed E-state index contributed by atoms with van der Waals surface area (Å²) in [4.78, 5) is 4.31. The lowest BCUT2D eigenvalue weighted by Gasteiger charge is -2.22. The number of thiazole rings is 1. The second kappa shape index (κ2) is 7.87. The third kappa shape index (κ3) is 4.67. The first-order valence-electron chi connectivity index (χ1n) is 7.10. The second-order valence-corrected chi connectivity index (χ2v) is 5.96. The first-order chi connectivity index (χ1) is 8.86. The van der Waals surface area contributed by atoms with Crippen LogP contribution in [0.3, 0.4) is 0 Å². The van der Waals surface area contributed by atoms with Crippen molar-refractivity contribution < 1.29 is 4.74 Å². The normalized spacial score (nSPS) is 18.9. The van der Waals surface area contributed by atoms with Gasteiger partial charge in [0.15, 0.2) is 0 Å². The number of rotatable bonds is 7. The van der Waals surface area contributed by atoms with Crippen LogP contribution in [0.1, 0.15) is 56.5 Å². The molecule has 0 aromatic carbocycles. The molecule has 2 rings (SSSR count). The Hall–Kier alpha value is -0.450. The van der Waals surface area contributed by atoms with Crippen LogP contribution in [-0.4, -0.2) is 24.2 Å². The van der Waals surface area contributed by atoms with Gasteiger partial charge in [0.25, 0.3) is 0 Å². The third-order valence-corrected chi connectivity index (χ3v) is 4.46. The van der Waals surface area contributed by atoms with Crippen molar-refractivity contribution >= 4 is 11.3 Å². The van der Waals surface area contributed by atoms with Crippen LogP contribution in [-0.2, 0) is 4.74 Å². The maximum Gasteiger partial charge on any atom is 0.109 e. The van der Waals surface area contributed by atoms with Crippen LogP contribution in [0.2, 0.25) is 0 Å². The lowest BCUT2D eigenvalue weighted by atomic mass is 9.98. The van der Waals surface area contributed by atoms with Crippen molar-refractivity contribution in [3.63, 3.8) is 0 Å². The van der Waals surface area contributed by atoms with E-state index in [1.165, 1.54) is 37.1 Å². The highest BCUT2D eigenvalue weighted by molar-refractivity contribution is 7.09. The van der Waals surface area contributed by atoms with Crippen LogP contribution < -0.4 is 5.32 Å². The smallest absolute Gasteiger partial charge is 0.109 e. The molecule has 1 saturated carbocycles. The molecule has 4 heteroatoms. The van der Waals surface area contributed by atoms with Crippen molar-refractivity contribution in [2.24, 2.45) is 0 Å². The fourth-order valence-electron chi connectivity index (χ4n) is 2.41. The standard InChI is InChI=1S/C14H24N2OS/c1-12(14-16-9-11-18-14)15-8-5-10-17-13-6-3-2-4-7-13/h9,11-13,15H,2-8,10H2,1H3. The van der Waals surface area contributed by atoms with Gasteiger partial charge in [-0.25, -0.2) is 4.98 Å². The van der Waals surface area contributed by atoms with Gasteiger partial charge in [0.1, 0.15) is 5.01 Å². The van der Waals surface area contributed by atoms with Crippen LogP contribution in [0, 0.1) is 0 Å². The Bertz CT molecular complexity index is 310. The van der Waals surface area contributed by atoms with Crippen LogP contribution in [0.4, 0.5) is 0 Å². The molecular formula is C14H24N2OS. The Morgan fingerprint density at radius 1 is 1.44 bits per heavy atom. The zero-order chi connectivity index (χ0) is 12.6. The molecule has 0 amide bonds. The van der Waals surface area contributed by atoms with Gasteiger partial charge in [-0.2, -0.15) is 0 Å². The molecule has 1 aliphatic carbocycles. The van der Waals surface area contributed by atoms with Crippen LogP contribution >= 0.6 is 11.3 Å². The molecule has 0 saturated heterocycles. The molecule has 102 valence electrons. The molecule has 1 aromatic heterocycles. The summed E-state index contributed by atoms with van der Waals surface area (Å²) in [7, 11) is 0. The van der Waals surface area contributed by atoms with Gasteiger partial charge in [-0.15, -0.1) is 11.3 Å². The van der Waals surface area contributed by atoms with Gasteiger partial charge in [-0.05, 0) is 32.7 Å². The molecule has 0 spiro atoms. The van der Waals surface area contributed by atoms with E-state index < -0.39 is 0 Å². The highest BCUT2D eigenvalue weighted by atomic mass is 32.1. The minimum atomic E-state index is 0.361. The summed E-state index contributed by atoms with van der Waals surface area (Å²) in [6.45, 7) is 4.07. The highest BCUT2D eigenvalue weighted by Gasteiger charge is 2.13. The summed E-state index contributed by atoms with van der Waals surface area (Å²) in [6.07, 6.45) is 10.1. The second-order valence-electron chi connectivity index (χ2n) is 5.03. The Morgan fingerprint density at radius 3 is 3.00 bits per heavy atom. The maximum absolute atomic E-state index is 5.90. The van der Waals surface area contributed by atoms with E-state index in [4.69, 9.17) is 4.74 Å². The van der Waals surface area contributed by atoms with E-state index in [0.29, 0.717) is 12.1 Å². The van der Waals surface area contributed by atoms with E-state index in [1.807, 2.05) is 11.6 Å². The summed E-state index contributed by atoms with van der Waals surface area (Å²) in [5.41, 5.74) is 0. The topological polar surface area (TPSA) is 34.1 Å². The van der Waals surface area contributed by atoms with Crippen molar-refractivity contribution in [2.45, 2.75) is 57.6 Å². The van der Waals surface area contributed by atoms with Gasteiger partial charge >= 0.3 is 0 Å². The summed E-state index contributed by atoms with van der Waals surface area (Å²) < 4.78 is 5.90. The monoisotopic (exact) mass is 268 g/mol. The molecular weight excluding hydrogens is 244 g/mol. The minimum absolute atomic E-state index is 0.361. The zero-order valence-corrected chi connectivity index (χ0v) is 12.0. The average molecular weight is 268 g/mol. The Balaban J connectivity index is 1.50. The van der Waals surface area contributed by atoms with E-state index in [9.17, 15) is 0 Å². The Morgan fingerprint density at radius 2 is 2.28 bits per heavy atom. The van der Waals surface area contributed by atoms with Gasteiger partial charge in [0.2, 0.25) is 0 Å². The largest absolute Gasteiger partial charge is 0.378 e. The molecule has 1 aliphatic rings. The average Bonchev–Trinajstić information content (AvgIpc) is 2.93. The van der Waals surface area contributed by atoms with Gasteiger partial charge in [0.05, 0.1) is 12.1 Å². The van der Waals surface area contributed by atoms with Crippen molar-refractivity contribution in [2.75, 3.05) is 13.2 Å². The lowest BCUT2D eigenvalue weighted by Crippen LogP contribution is -2.23. The molecule has 0 aliphatic heterocycles. The number of aromatic nitrogens is 1. The van der Waals surface area contributed by atoms with Crippen molar-refractivity contribution in [1.82, 2.24) is 10.3 Å². The van der Waals surface area contributed by atoms with E-state index >= 15 is 0 Å². The SMILES string of the molecule is CC(NCCCOC1CCCCC1)c1nccs1. The fraction of sp³-hybridized carbons (Fsp3) is 0.786. The lowest BCUT2D eigenvalue weighted by molar-refractivity contribution is 0.0271. The molecule has 1 unspecified atom stereocenters. The van der Waals surface area contributed by atoms with Gasteiger partial charge < -0.3 is 10.1 Å². The molecule has 1 fully saturated rings. The van der Waals surface area contributed by atoms with Gasteiger partial charge in [0, 0.05) is 18.2 Å². The fourth-order valence-corrected chi connectivity index (χ4v) is 3.08. The molecule has 1 aromatic rings. The first-order valence-corrected chi connectivity index (χ1v) is 7.98.